The van der Waals surface area contributed by atoms with Gasteiger partial charge in [0, 0.05) is 32.5 Å². The fraction of sp³-hybridized carbons (Fsp3) is 0.385. The summed E-state index contributed by atoms with van der Waals surface area (Å²) in [6, 6.07) is 3.47. The molecule has 2 rings (SSSR count). The topological polar surface area (TPSA) is 80.1 Å². The second-order valence-electron chi connectivity index (χ2n) is 4.99. The molecule has 2 aromatic rings. The van der Waals surface area contributed by atoms with Crippen molar-refractivity contribution < 1.29 is 8.42 Å². The molecule has 8 heteroatoms. The van der Waals surface area contributed by atoms with Crippen LogP contribution in [0.2, 0.25) is 0 Å². The molecule has 0 fully saturated rings. The summed E-state index contributed by atoms with van der Waals surface area (Å²) in [4.78, 5) is 3.95. The van der Waals surface area contributed by atoms with Gasteiger partial charge in [-0.3, -0.25) is 4.98 Å². The van der Waals surface area contributed by atoms with Crippen molar-refractivity contribution >= 4 is 15.7 Å². The van der Waals surface area contributed by atoms with E-state index in [2.05, 4.69) is 15.4 Å². The van der Waals surface area contributed by atoms with Gasteiger partial charge in [-0.2, -0.15) is 5.10 Å². The van der Waals surface area contributed by atoms with E-state index in [0.717, 1.165) is 11.4 Å². The molecule has 2 aromatic heterocycles. The number of nitrogens with zero attached hydrogens (tertiary/aromatic N) is 4. The minimum atomic E-state index is -3.23. The molecule has 0 aliphatic rings. The van der Waals surface area contributed by atoms with Gasteiger partial charge in [0.2, 0.25) is 10.0 Å². The lowest BCUT2D eigenvalue weighted by molar-refractivity contribution is 0.517. The van der Waals surface area contributed by atoms with E-state index in [1.807, 2.05) is 25.3 Å². The molecule has 21 heavy (non-hydrogen) atoms. The van der Waals surface area contributed by atoms with Crippen LogP contribution in [-0.2, 0) is 10.0 Å². The van der Waals surface area contributed by atoms with Gasteiger partial charge in [-0.1, -0.05) is 0 Å². The Bertz CT molecular complexity index is 682. The molecule has 0 aliphatic heterocycles. The first-order valence-corrected chi connectivity index (χ1v) is 8.11. The molecule has 1 N–H and O–H groups in total. The third-order valence-corrected chi connectivity index (χ3v) is 4.97. The molecule has 1 atom stereocenters. The van der Waals surface area contributed by atoms with E-state index >= 15 is 0 Å². The van der Waals surface area contributed by atoms with Crippen LogP contribution in [-0.4, -0.2) is 53.4 Å². The predicted octanol–water partition coefficient (Wildman–Crippen LogP) is 0.959. The molecule has 1 unspecified atom stereocenters. The summed E-state index contributed by atoms with van der Waals surface area (Å²) in [7, 11) is -0.165. The summed E-state index contributed by atoms with van der Waals surface area (Å²) in [5.41, 5.74) is 1.67. The van der Waals surface area contributed by atoms with E-state index in [9.17, 15) is 8.42 Å². The van der Waals surface area contributed by atoms with Crippen LogP contribution in [0.3, 0.4) is 0 Å². The Morgan fingerprint density at radius 2 is 2.00 bits per heavy atom. The zero-order valence-electron chi connectivity index (χ0n) is 12.3. The molecule has 7 nitrogen and oxygen atoms in total. The van der Waals surface area contributed by atoms with Crippen molar-refractivity contribution in [1.82, 2.24) is 19.1 Å². The van der Waals surface area contributed by atoms with Crippen molar-refractivity contribution in [1.29, 1.82) is 0 Å². The second kappa shape index (κ2) is 6.23. The number of hydrogen-bond acceptors (Lipinski definition) is 5. The normalized spacial score (nSPS) is 13.3. The Kier molecular flexibility index (Phi) is 4.59. The van der Waals surface area contributed by atoms with Crippen LogP contribution in [0, 0.1) is 0 Å². The van der Waals surface area contributed by atoms with Gasteiger partial charge in [-0.15, -0.1) is 0 Å². The zero-order valence-corrected chi connectivity index (χ0v) is 13.1. The fourth-order valence-corrected chi connectivity index (χ4v) is 2.84. The molecule has 2 heterocycles. The van der Waals surface area contributed by atoms with E-state index in [1.54, 1.807) is 23.3 Å². The van der Waals surface area contributed by atoms with E-state index < -0.39 is 10.0 Å². The molecular formula is C13H19N5O2S. The molecule has 114 valence electrons. The number of rotatable bonds is 6. The highest BCUT2D eigenvalue weighted by molar-refractivity contribution is 7.89. The number of sulfonamides is 1. The predicted molar refractivity (Wildman–Crippen MR) is 81.9 cm³/mol. The minimum Gasteiger partial charge on any atom is -0.379 e. The SMILES string of the molecule is CC(CS(=O)(=O)N(C)C)Nc1cnn(-c2ccncc2)c1. The standard InChI is InChI=1S/C13H19N5O2S/c1-11(10-21(19,20)17(2)3)16-12-8-15-18(9-12)13-4-6-14-7-5-13/h4-9,11,16H,10H2,1-3H3. The number of nitrogens with one attached hydrogen (secondary N) is 1. The molecule has 0 amide bonds. The lowest BCUT2D eigenvalue weighted by Crippen LogP contribution is -2.33. The van der Waals surface area contributed by atoms with E-state index in [0.29, 0.717) is 0 Å². The molecular weight excluding hydrogens is 290 g/mol. The number of aromatic nitrogens is 3. The van der Waals surface area contributed by atoms with Crippen molar-refractivity contribution in [3.05, 3.63) is 36.9 Å². The van der Waals surface area contributed by atoms with Gasteiger partial charge >= 0.3 is 0 Å². The van der Waals surface area contributed by atoms with Gasteiger partial charge in [-0.25, -0.2) is 17.4 Å². The van der Waals surface area contributed by atoms with Crippen LogP contribution in [0.4, 0.5) is 5.69 Å². The van der Waals surface area contributed by atoms with Crippen molar-refractivity contribution in [2.75, 3.05) is 25.2 Å². The highest BCUT2D eigenvalue weighted by Crippen LogP contribution is 2.12. The van der Waals surface area contributed by atoms with Gasteiger partial charge in [0.25, 0.3) is 0 Å². The van der Waals surface area contributed by atoms with Crippen LogP contribution in [0.5, 0.6) is 0 Å². The van der Waals surface area contributed by atoms with Crippen LogP contribution < -0.4 is 5.32 Å². The van der Waals surface area contributed by atoms with Gasteiger partial charge in [0.1, 0.15) is 0 Å². The van der Waals surface area contributed by atoms with Gasteiger partial charge in [0.15, 0.2) is 0 Å². The van der Waals surface area contributed by atoms with E-state index in [4.69, 9.17) is 0 Å². The smallest absolute Gasteiger partial charge is 0.215 e. The van der Waals surface area contributed by atoms with Gasteiger partial charge in [0.05, 0.1) is 29.5 Å². The van der Waals surface area contributed by atoms with Crippen LogP contribution >= 0.6 is 0 Å². The Hall–Kier alpha value is -1.93. The summed E-state index contributed by atoms with van der Waals surface area (Å²) < 4.78 is 26.6. The minimum absolute atomic E-state index is 0.0282. The van der Waals surface area contributed by atoms with Gasteiger partial charge < -0.3 is 5.32 Å². The monoisotopic (exact) mass is 309 g/mol. The number of hydrogen-bond donors (Lipinski definition) is 1. The highest BCUT2D eigenvalue weighted by Gasteiger charge is 2.18. The maximum Gasteiger partial charge on any atom is 0.215 e. The molecule has 0 aromatic carbocycles. The molecule has 0 saturated heterocycles. The highest BCUT2D eigenvalue weighted by atomic mass is 32.2. The summed E-state index contributed by atoms with van der Waals surface area (Å²) in [5, 5.41) is 7.38. The maximum atomic E-state index is 11.8. The first-order valence-electron chi connectivity index (χ1n) is 6.50. The Labute approximate surface area is 124 Å². The Balaban J connectivity index is 2.03. The van der Waals surface area contributed by atoms with Crippen molar-refractivity contribution in [3.63, 3.8) is 0 Å². The van der Waals surface area contributed by atoms with Crippen LogP contribution in [0.15, 0.2) is 36.9 Å². The molecule has 0 saturated carbocycles. The Morgan fingerprint density at radius 1 is 1.33 bits per heavy atom. The lowest BCUT2D eigenvalue weighted by atomic mass is 10.4. The van der Waals surface area contributed by atoms with E-state index in [-0.39, 0.29) is 11.8 Å². The number of pyridine rings is 1. The first kappa shape index (κ1) is 15.5. The largest absolute Gasteiger partial charge is 0.379 e. The van der Waals surface area contributed by atoms with Crippen molar-refractivity contribution in [2.24, 2.45) is 0 Å². The second-order valence-corrected chi connectivity index (χ2v) is 7.21. The van der Waals surface area contributed by atoms with E-state index in [1.165, 1.54) is 18.4 Å². The summed E-state index contributed by atoms with van der Waals surface area (Å²) in [6.45, 7) is 1.82. The third-order valence-electron chi connectivity index (χ3n) is 2.94. The van der Waals surface area contributed by atoms with Crippen molar-refractivity contribution in [3.8, 4) is 5.69 Å². The van der Waals surface area contributed by atoms with Crippen LogP contribution in [0.1, 0.15) is 6.92 Å². The molecule has 0 spiro atoms. The average Bonchev–Trinajstić information content (AvgIpc) is 2.87. The third kappa shape index (κ3) is 4.02. The summed E-state index contributed by atoms with van der Waals surface area (Å²) >= 11 is 0. The quantitative estimate of drug-likeness (QED) is 0.859. The lowest BCUT2D eigenvalue weighted by Gasteiger charge is -2.17. The number of anilines is 1. The maximum absolute atomic E-state index is 11.8. The van der Waals surface area contributed by atoms with Crippen LogP contribution in [0.25, 0.3) is 5.69 Å². The Morgan fingerprint density at radius 3 is 2.62 bits per heavy atom. The first-order chi connectivity index (χ1) is 9.88. The fourth-order valence-electron chi connectivity index (χ4n) is 1.83. The molecule has 0 aliphatic carbocycles. The molecule has 0 radical (unpaired) electrons. The molecule has 0 bridgehead atoms. The van der Waals surface area contributed by atoms with Gasteiger partial charge in [-0.05, 0) is 19.1 Å². The average molecular weight is 309 g/mol. The summed E-state index contributed by atoms with van der Waals surface area (Å²) in [5.74, 6) is 0.0282. The summed E-state index contributed by atoms with van der Waals surface area (Å²) in [6.07, 6.45) is 6.86. The van der Waals surface area contributed by atoms with Crippen molar-refractivity contribution in [2.45, 2.75) is 13.0 Å². The zero-order chi connectivity index (χ0) is 15.5.